The maximum atomic E-state index is 11.8. The van der Waals surface area contributed by atoms with Gasteiger partial charge in [0.2, 0.25) is 0 Å². The predicted octanol–water partition coefficient (Wildman–Crippen LogP) is 0.496. The molecule has 0 bridgehead atoms. The highest BCUT2D eigenvalue weighted by Crippen LogP contribution is 2.21. The number of sulfonamides is 1. The van der Waals surface area contributed by atoms with Crippen molar-refractivity contribution in [3.8, 4) is 0 Å². The third kappa shape index (κ3) is 3.50. The molecule has 0 aliphatic heterocycles. The average Bonchev–Trinajstić information content (AvgIpc) is 2.65. The Bertz CT molecular complexity index is 517. The Labute approximate surface area is 103 Å². The standard InChI is InChI=1S/C9H13NO5S2/c1-9(2,5-11)10-17(14,15)7-3-6(4-16-7)8(12)13/h3-4,10-11H,5H2,1-2H3,(H,12,13). The molecule has 0 aromatic carbocycles. The van der Waals surface area contributed by atoms with Crippen LogP contribution in [0.3, 0.4) is 0 Å². The molecule has 96 valence electrons. The fraction of sp³-hybridized carbons (Fsp3) is 0.444. The van der Waals surface area contributed by atoms with Gasteiger partial charge in [-0.15, -0.1) is 11.3 Å². The lowest BCUT2D eigenvalue weighted by Crippen LogP contribution is -2.45. The number of nitrogens with one attached hydrogen (secondary N) is 1. The van der Waals surface area contributed by atoms with Gasteiger partial charge in [0, 0.05) is 5.38 Å². The summed E-state index contributed by atoms with van der Waals surface area (Å²) in [6.45, 7) is 2.69. The highest BCUT2D eigenvalue weighted by molar-refractivity contribution is 7.91. The van der Waals surface area contributed by atoms with Crippen LogP contribution in [0.4, 0.5) is 0 Å². The predicted molar refractivity (Wildman–Crippen MR) is 62.8 cm³/mol. The molecule has 1 aromatic rings. The van der Waals surface area contributed by atoms with Crippen LogP contribution in [-0.4, -0.2) is 36.7 Å². The van der Waals surface area contributed by atoms with E-state index in [1.165, 1.54) is 19.2 Å². The molecule has 0 aliphatic carbocycles. The number of thiophene rings is 1. The Balaban J connectivity index is 3.02. The number of carboxylic acids is 1. The molecule has 0 aliphatic rings. The number of aromatic carboxylic acids is 1. The van der Waals surface area contributed by atoms with Gasteiger partial charge in [-0.2, -0.15) is 0 Å². The van der Waals surface area contributed by atoms with Crippen molar-refractivity contribution in [1.82, 2.24) is 4.72 Å². The van der Waals surface area contributed by atoms with Crippen LogP contribution < -0.4 is 4.72 Å². The topological polar surface area (TPSA) is 104 Å². The molecule has 0 spiro atoms. The molecule has 0 saturated heterocycles. The van der Waals surface area contributed by atoms with E-state index in [1.807, 2.05) is 0 Å². The van der Waals surface area contributed by atoms with Crippen LogP contribution in [0, 0.1) is 0 Å². The second kappa shape index (κ2) is 4.73. The second-order valence-electron chi connectivity index (χ2n) is 4.11. The summed E-state index contributed by atoms with van der Waals surface area (Å²) in [5.41, 5.74) is -1.07. The van der Waals surface area contributed by atoms with Crippen LogP contribution in [0.15, 0.2) is 15.7 Å². The number of hydrogen-bond donors (Lipinski definition) is 3. The Morgan fingerprint density at radius 3 is 2.53 bits per heavy atom. The average molecular weight is 279 g/mol. The van der Waals surface area contributed by atoms with Gasteiger partial charge >= 0.3 is 5.97 Å². The number of aliphatic hydroxyl groups excluding tert-OH is 1. The van der Waals surface area contributed by atoms with Gasteiger partial charge in [0.15, 0.2) is 0 Å². The third-order valence-corrected chi connectivity index (χ3v) is 5.03. The summed E-state index contributed by atoms with van der Waals surface area (Å²) < 4.78 is 25.9. The van der Waals surface area contributed by atoms with Crippen molar-refractivity contribution in [3.05, 3.63) is 17.0 Å². The first kappa shape index (κ1) is 14.1. The van der Waals surface area contributed by atoms with Gasteiger partial charge in [0.1, 0.15) is 4.21 Å². The van der Waals surface area contributed by atoms with Gasteiger partial charge in [-0.25, -0.2) is 17.9 Å². The quantitative estimate of drug-likeness (QED) is 0.728. The van der Waals surface area contributed by atoms with Crippen LogP contribution in [-0.2, 0) is 10.0 Å². The molecule has 0 atom stereocenters. The van der Waals surface area contributed by atoms with Crippen molar-refractivity contribution < 1.29 is 23.4 Å². The van der Waals surface area contributed by atoms with E-state index in [0.717, 1.165) is 17.4 Å². The van der Waals surface area contributed by atoms with Gasteiger partial charge in [0.05, 0.1) is 17.7 Å². The minimum Gasteiger partial charge on any atom is -0.478 e. The number of aliphatic hydroxyl groups is 1. The maximum absolute atomic E-state index is 11.8. The van der Waals surface area contributed by atoms with E-state index in [0.29, 0.717) is 0 Å². The molecular formula is C9H13NO5S2. The van der Waals surface area contributed by atoms with Crippen LogP contribution in [0.1, 0.15) is 24.2 Å². The molecule has 6 nitrogen and oxygen atoms in total. The molecule has 0 amide bonds. The van der Waals surface area contributed by atoms with Gasteiger partial charge in [-0.05, 0) is 19.9 Å². The van der Waals surface area contributed by atoms with Crippen LogP contribution in [0.25, 0.3) is 0 Å². The fourth-order valence-electron chi connectivity index (χ4n) is 1.02. The minimum atomic E-state index is -3.80. The van der Waals surface area contributed by atoms with E-state index in [9.17, 15) is 13.2 Å². The monoisotopic (exact) mass is 279 g/mol. The SMILES string of the molecule is CC(C)(CO)NS(=O)(=O)c1cc(C(=O)O)cs1. The van der Waals surface area contributed by atoms with Gasteiger partial charge in [-0.1, -0.05) is 0 Å². The third-order valence-electron chi connectivity index (χ3n) is 1.89. The van der Waals surface area contributed by atoms with Crippen molar-refractivity contribution in [2.75, 3.05) is 6.61 Å². The first-order chi connectivity index (χ1) is 7.68. The van der Waals surface area contributed by atoms with Crippen molar-refractivity contribution in [2.45, 2.75) is 23.6 Å². The Hall–Kier alpha value is -0.960. The molecule has 1 heterocycles. The van der Waals surface area contributed by atoms with Crippen molar-refractivity contribution in [2.24, 2.45) is 0 Å². The summed E-state index contributed by atoms with van der Waals surface area (Å²) in [4.78, 5) is 10.6. The van der Waals surface area contributed by atoms with Crippen LogP contribution in [0.2, 0.25) is 0 Å². The smallest absolute Gasteiger partial charge is 0.336 e. The van der Waals surface area contributed by atoms with Gasteiger partial charge < -0.3 is 10.2 Å². The summed E-state index contributed by atoms with van der Waals surface area (Å²) in [6, 6.07) is 1.09. The zero-order valence-corrected chi connectivity index (χ0v) is 10.9. The van der Waals surface area contributed by atoms with E-state index in [4.69, 9.17) is 10.2 Å². The number of carbonyl (C=O) groups is 1. The van der Waals surface area contributed by atoms with Crippen LogP contribution >= 0.6 is 11.3 Å². The Kier molecular flexibility index (Phi) is 3.92. The lowest BCUT2D eigenvalue weighted by atomic mass is 10.1. The number of rotatable bonds is 5. The normalized spacial score (nSPS) is 12.6. The number of carboxylic acid groups (broad SMARTS) is 1. The largest absolute Gasteiger partial charge is 0.478 e. The molecule has 3 N–H and O–H groups in total. The molecule has 1 aromatic heterocycles. The van der Waals surface area contributed by atoms with E-state index in [2.05, 4.69) is 4.72 Å². The summed E-state index contributed by atoms with van der Waals surface area (Å²) in [5, 5.41) is 18.9. The molecule has 1 rings (SSSR count). The lowest BCUT2D eigenvalue weighted by Gasteiger charge is -2.22. The second-order valence-corrected chi connectivity index (χ2v) is 6.93. The number of hydrogen-bond acceptors (Lipinski definition) is 5. The Morgan fingerprint density at radius 2 is 2.12 bits per heavy atom. The summed E-state index contributed by atoms with van der Waals surface area (Å²) >= 11 is 0.823. The Morgan fingerprint density at radius 1 is 1.53 bits per heavy atom. The highest BCUT2D eigenvalue weighted by Gasteiger charge is 2.27. The molecule has 0 fully saturated rings. The van der Waals surface area contributed by atoms with E-state index < -0.39 is 21.5 Å². The summed E-state index contributed by atoms with van der Waals surface area (Å²) in [6.07, 6.45) is 0. The summed E-state index contributed by atoms with van der Waals surface area (Å²) in [7, 11) is -3.80. The van der Waals surface area contributed by atoms with Crippen molar-refractivity contribution >= 4 is 27.3 Å². The zero-order chi connectivity index (χ0) is 13.3. The molecule has 8 heteroatoms. The van der Waals surface area contributed by atoms with Crippen molar-refractivity contribution in [3.63, 3.8) is 0 Å². The molecular weight excluding hydrogens is 266 g/mol. The highest BCUT2D eigenvalue weighted by atomic mass is 32.2. The maximum Gasteiger partial charge on any atom is 0.336 e. The van der Waals surface area contributed by atoms with Gasteiger partial charge in [0.25, 0.3) is 10.0 Å². The van der Waals surface area contributed by atoms with E-state index in [1.54, 1.807) is 0 Å². The summed E-state index contributed by atoms with van der Waals surface area (Å²) in [5.74, 6) is -1.18. The fourth-order valence-corrected chi connectivity index (χ4v) is 3.57. The molecule has 0 saturated carbocycles. The molecule has 0 unspecified atom stereocenters. The van der Waals surface area contributed by atoms with Crippen LogP contribution in [0.5, 0.6) is 0 Å². The zero-order valence-electron chi connectivity index (χ0n) is 9.30. The van der Waals surface area contributed by atoms with Crippen molar-refractivity contribution in [1.29, 1.82) is 0 Å². The van der Waals surface area contributed by atoms with E-state index >= 15 is 0 Å². The van der Waals surface area contributed by atoms with E-state index in [-0.39, 0.29) is 16.4 Å². The molecule has 17 heavy (non-hydrogen) atoms. The minimum absolute atomic E-state index is 0.0721. The lowest BCUT2D eigenvalue weighted by molar-refractivity contribution is 0.0697. The molecule has 0 radical (unpaired) electrons. The first-order valence-corrected chi connectivity index (χ1v) is 7.01. The first-order valence-electron chi connectivity index (χ1n) is 4.64. The van der Waals surface area contributed by atoms with Gasteiger partial charge in [-0.3, -0.25) is 0 Å².